The highest BCUT2D eigenvalue weighted by molar-refractivity contribution is 6.11. The lowest BCUT2D eigenvalue weighted by molar-refractivity contribution is 0.669. The van der Waals surface area contributed by atoms with Gasteiger partial charge in [0.15, 0.2) is 17.5 Å². The van der Waals surface area contributed by atoms with Gasteiger partial charge in [-0.15, -0.1) is 0 Å². The van der Waals surface area contributed by atoms with Crippen molar-refractivity contribution in [2.75, 3.05) is 0 Å². The second-order valence-electron chi connectivity index (χ2n) is 11.5. The number of nitrogens with zero attached hydrogens (tertiary/aromatic N) is 4. The van der Waals surface area contributed by atoms with Crippen LogP contribution < -0.4 is 0 Å². The summed E-state index contributed by atoms with van der Waals surface area (Å²) in [6.45, 7) is 0. The van der Waals surface area contributed by atoms with E-state index < -0.39 is 78.2 Å². The molecule has 3 aromatic heterocycles. The van der Waals surface area contributed by atoms with E-state index in [-0.39, 0.29) is 44.8 Å². The minimum Gasteiger partial charge on any atom is -0.455 e. The monoisotopic (exact) mass is 652 g/mol. The summed E-state index contributed by atoms with van der Waals surface area (Å²) in [5, 5.41) is 1.13. The van der Waals surface area contributed by atoms with Gasteiger partial charge in [0.05, 0.1) is 33.0 Å². The highest BCUT2D eigenvalue weighted by Gasteiger charge is 2.19. The van der Waals surface area contributed by atoms with Crippen LogP contribution in [0.15, 0.2) is 174 Å². The standard InChI is InChI=1S/C45H28N4O/c1-3-12-29(13-4-1)30-22-24-31(25-23-30)43-46-44(48-45(47-43)38-19-11-18-37-36-17-8-10-21-41(36)50-42(37)38)32-26-27-35-34-16-7-9-20-39(34)49(40(35)28-32)33-14-5-2-6-15-33/h1-28H/i2D,5D,6D,7D,9D,14D,15D,16D,20D,26D,27D,28D. The summed E-state index contributed by atoms with van der Waals surface area (Å²) in [5.74, 6) is 0.0416. The van der Waals surface area contributed by atoms with Gasteiger partial charge in [-0.1, -0.05) is 133 Å². The summed E-state index contributed by atoms with van der Waals surface area (Å²) in [6, 6.07) is 22.4. The van der Waals surface area contributed by atoms with Crippen LogP contribution >= 0.6 is 0 Å². The fourth-order valence-electron chi connectivity index (χ4n) is 6.30. The Hall–Kier alpha value is -6.85. The molecule has 0 saturated heterocycles. The van der Waals surface area contributed by atoms with Gasteiger partial charge in [0, 0.05) is 38.4 Å². The van der Waals surface area contributed by atoms with E-state index in [1.165, 1.54) is 0 Å². The molecule has 0 bridgehead atoms. The topological polar surface area (TPSA) is 56.7 Å². The molecule has 0 aliphatic heterocycles. The van der Waals surface area contributed by atoms with Gasteiger partial charge in [-0.25, -0.2) is 15.0 Å². The number of hydrogen-bond donors (Lipinski definition) is 0. The summed E-state index contributed by atoms with van der Waals surface area (Å²) in [7, 11) is 0. The fraction of sp³-hybridized carbons (Fsp3) is 0. The van der Waals surface area contributed by atoms with E-state index >= 15 is 0 Å². The highest BCUT2D eigenvalue weighted by atomic mass is 16.3. The molecule has 0 aliphatic carbocycles. The molecular weight excluding hydrogens is 613 g/mol. The van der Waals surface area contributed by atoms with Gasteiger partial charge < -0.3 is 8.98 Å². The van der Waals surface area contributed by atoms with Crippen LogP contribution in [0.3, 0.4) is 0 Å². The Morgan fingerprint density at radius 1 is 0.460 bits per heavy atom. The molecule has 0 aliphatic rings. The van der Waals surface area contributed by atoms with E-state index in [0.29, 0.717) is 22.3 Å². The Bertz CT molecular complexity index is 3520. The molecule has 0 saturated carbocycles. The second kappa shape index (κ2) is 11.4. The molecule has 5 heteroatoms. The Kier molecular flexibility index (Phi) is 4.24. The molecule has 5 nitrogen and oxygen atoms in total. The van der Waals surface area contributed by atoms with Crippen LogP contribution in [0.1, 0.15) is 16.4 Å². The van der Waals surface area contributed by atoms with Crippen LogP contribution in [0.2, 0.25) is 0 Å². The van der Waals surface area contributed by atoms with Crippen molar-refractivity contribution in [1.82, 2.24) is 19.5 Å². The first-order chi connectivity index (χ1) is 29.8. The molecule has 0 amide bonds. The van der Waals surface area contributed by atoms with E-state index in [9.17, 15) is 4.11 Å². The molecular formula is C45H28N4O. The smallest absolute Gasteiger partial charge is 0.167 e. The number of furan rings is 1. The highest BCUT2D eigenvalue weighted by Crippen LogP contribution is 2.37. The van der Waals surface area contributed by atoms with Crippen LogP contribution in [0.25, 0.3) is 94.7 Å². The molecule has 7 aromatic carbocycles. The molecule has 10 rings (SSSR count). The minimum atomic E-state index is -0.725. The SMILES string of the molecule is [2H]c1c([2H])c([2H])c(-n2c3c([2H])c([2H])c([2H])c([2H])c3c3c([2H])c([2H])c(-c4nc(-c5ccc(-c6ccccc6)cc5)nc(-c5cccc6c5oc5ccccc56)n4)c([2H])c32)c([2H])c1[2H]. The first kappa shape index (κ1) is 18.6. The number of para-hydroxylation sites is 4. The van der Waals surface area contributed by atoms with Crippen molar-refractivity contribution in [2.24, 2.45) is 0 Å². The van der Waals surface area contributed by atoms with Crippen molar-refractivity contribution in [1.29, 1.82) is 0 Å². The lowest BCUT2D eigenvalue weighted by atomic mass is 10.0. The zero-order valence-electron chi connectivity index (χ0n) is 37.9. The fourth-order valence-corrected chi connectivity index (χ4v) is 6.30. The molecule has 0 fully saturated rings. The molecule has 0 unspecified atom stereocenters. The summed E-state index contributed by atoms with van der Waals surface area (Å²) >= 11 is 0. The van der Waals surface area contributed by atoms with E-state index in [0.717, 1.165) is 26.5 Å². The number of fused-ring (bicyclic) bond motifs is 6. The predicted octanol–water partition coefficient (Wildman–Crippen LogP) is 11.5. The average molecular weight is 653 g/mol. The Balaban J connectivity index is 1.32. The van der Waals surface area contributed by atoms with Gasteiger partial charge in [-0.2, -0.15) is 0 Å². The van der Waals surface area contributed by atoms with Crippen molar-refractivity contribution < 1.29 is 20.9 Å². The van der Waals surface area contributed by atoms with Gasteiger partial charge in [0.2, 0.25) is 0 Å². The molecule has 3 heterocycles. The van der Waals surface area contributed by atoms with Gasteiger partial charge in [-0.3, -0.25) is 0 Å². The third kappa shape index (κ3) is 4.60. The quantitative estimate of drug-likeness (QED) is 0.186. The summed E-state index contributed by atoms with van der Waals surface area (Å²) in [5.41, 5.74) is 2.57. The maximum absolute atomic E-state index is 9.84. The first-order valence-corrected chi connectivity index (χ1v) is 15.7. The zero-order chi connectivity index (χ0) is 43.5. The Morgan fingerprint density at radius 2 is 1.12 bits per heavy atom. The van der Waals surface area contributed by atoms with Crippen LogP contribution in [-0.4, -0.2) is 19.5 Å². The number of rotatable bonds is 5. The molecule has 234 valence electrons. The average Bonchev–Trinajstić information content (AvgIpc) is 3.86. The van der Waals surface area contributed by atoms with Crippen molar-refractivity contribution in [3.8, 4) is 51.0 Å². The van der Waals surface area contributed by atoms with Crippen LogP contribution in [-0.2, 0) is 0 Å². The molecule has 0 atom stereocenters. The lowest BCUT2D eigenvalue weighted by Gasteiger charge is -2.11. The Labute approximate surface area is 304 Å². The van der Waals surface area contributed by atoms with Crippen molar-refractivity contribution in [2.45, 2.75) is 0 Å². The maximum Gasteiger partial charge on any atom is 0.167 e. The van der Waals surface area contributed by atoms with Crippen LogP contribution in [0, 0.1) is 0 Å². The largest absolute Gasteiger partial charge is 0.455 e. The molecule has 50 heavy (non-hydrogen) atoms. The summed E-state index contributed by atoms with van der Waals surface area (Å²) < 4.78 is 114. The summed E-state index contributed by atoms with van der Waals surface area (Å²) in [4.78, 5) is 14.6. The normalized spacial score (nSPS) is 15.0. The number of benzene rings is 7. The van der Waals surface area contributed by atoms with Gasteiger partial charge >= 0.3 is 0 Å². The van der Waals surface area contributed by atoms with E-state index in [1.54, 1.807) is 6.07 Å². The van der Waals surface area contributed by atoms with E-state index in [2.05, 4.69) is 0 Å². The molecule has 10 aromatic rings. The molecule has 0 spiro atoms. The second-order valence-corrected chi connectivity index (χ2v) is 11.5. The number of hydrogen-bond acceptors (Lipinski definition) is 4. The van der Waals surface area contributed by atoms with Crippen LogP contribution in [0.5, 0.6) is 0 Å². The van der Waals surface area contributed by atoms with E-state index in [4.69, 9.17) is 31.7 Å². The van der Waals surface area contributed by atoms with Gasteiger partial charge in [-0.05, 0) is 47.4 Å². The van der Waals surface area contributed by atoms with Gasteiger partial charge in [0.1, 0.15) is 11.2 Å². The predicted molar refractivity (Wildman–Crippen MR) is 203 cm³/mol. The molecule has 0 N–H and O–H groups in total. The number of aromatic nitrogens is 4. The zero-order valence-corrected chi connectivity index (χ0v) is 25.9. The minimum absolute atomic E-state index is 0.109. The van der Waals surface area contributed by atoms with Crippen molar-refractivity contribution >= 4 is 43.7 Å². The van der Waals surface area contributed by atoms with Gasteiger partial charge in [0.25, 0.3) is 0 Å². The van der Waals surface area contributed by atoms with Crippen molar-refractivity contribution in [3.05, 3.63) is 170 Å². The maximum atomic E-state index is 9.84. The Morgan fingerprint density at radius 3 is 1.98 bits per heavy atom. The lowest BCUT2D eigenvalue weighted by Crippen LogP contribution is -2.01. The third-order valence-electron chi connectivity index (χ3n) is 8.62. The molecule has 0 radical (unpaired) electrons. The van der Waals surface area contributed by atoms with E-state index in [1.807, 2.05) is 91.0 Å². The van der Waals surface area contributed by atoms with Crippen LogP contribution in [0.4, 0.5) is 0 Å². The third-order valence-corrected chi connectivity index (χ3v) is 8.62. The first-order valence-electron chi connectivity index (χ1n) is 21.7. The van der Waals surface area contributed by atoms with Crippen molar-refractivity contribution in [3.63, 3.8) is 0 Å². The summed E-state index contributed by atoms with van der Waals surface area (Å²) in [6.07, 6.45) is 0.